The maximum absolute atomic E-state index is 12.7. The summed E-state index contributed by atoms with van der Waals surface area (Å²) in [5.41, 5.74) is 0.219. The molecule has 0 aliphatic carbocycles. The third-order valence-corrected chi connectivity index (χ3v) is 4.02. The Morgan fingerprint density at radius 2 is 1.95 bits per heavy atom. The van der Waals surface area contributed by atoms with Crippen LogP contribution in [0, 0.1) is 0 Å². The Bertz CT molecular complexity index is 527. The number of rotatable bonds is 4. The van der Waals surface area contributed by atoms with Crippen molar-refractivity contribution in [3.63, 3.8) is 0 Å². The SMILES string of the molecule is CCC1(C)NC(=O)CCN(Cc2ccc(OC)cc2)C1=O. The molecule has 5 nitrogen and oxygen atoms in total. The fraction of sp³-hybridized carbons (Fsp3) is 0.500. The number of carbonyl (C=O) groups excluding carboxylic acids is 2. The Balaban J connectivity index is 2.17. The molecular weight excluding hydrogens is 268 g/mol. The van der Waals surface area contributed by atoms with E-state index in [1.165, 1.54) is 0 Å². The molecule has 1 fully saturated rings. The van der Waals surface area contributed by atoms with Crippen LogP contribution in [0.15, 0.2) is 24.3 Å². The topological polar surface area (TPSA) is 58.6 Å². The van der Waals surface area contributed by atoms with Crippen molar-refractivity contribution in [1.29, 1.82) is 0 Å². The first kappa shape index (κ1) is 15.4. The highest BCUT2D eigenvalue weighted by Gasteiger charge is 2.38. The molecular formula is C16H22N2O3. The van der Waals surface area contributed by atoms with E-state index in [0.29, 0.717) is 25.9 Å². The molecule has 1 aromatic carbocycles. The van der Waals surface area contributed by atoms with E-state index in [2.05, 4.69) is 5.32 Å². The Hall–Kier alpha value is -2.04. The maximum atomic E-state index is 12.7. The van der Waals surface area contributed by atoms with Crippen molar-refractivity contribution in [2.45, 2.75) is 38.8 Å². The van der Waals surface area contributed by atoms with Gasteiger partial charge in [-0.25, -0.2) is 0 Å². The summed E-state index contributed by atoms with van der Waals surface area (Å²) >= 11 is 0. The molecule has 0 saturated carbocycles. The van der Waals surface area contributed by atoms with Gasteiger partial charge in [0.05, 0.1) is 7.11 Å². The zero-order chi connectivity index (χ0) is 15.5. The third kappa shape index (κ3) is 3.35. The van der Waals surface area contributed by atoms with E-state index in [-0.39, 0.29) is 11.8 Å². The van der Waals surface area contributed by atoms with E-state index in [4.69, 9.17) is 4.74 Å². The van der Waals surface area contributed by atoms with Gasteiger partial charge >= 0.3 is 0 Å². The van der Waals surface area contributed by atoms with Gasteiger partial charge in [-0.2, -0.15) is 0 Å². The zero-order valence-corrected chi connectivity index (χ0v) is 12.8. The van der Waals surface area contributed by atoms with Crippen LogP contribution in [-0.2, 0) is 16.1 Å². The number of nitrogens with one attached hydrogen (secondary N) is 1. The molecule has 1 aliphatic rings. The first-order valence-electron chi connectivity index (χ1n) is 7.22. The minimum Gasteiger partial charge on any atom is -0.497 e. The molecule has 114 valence electrons. The molecule has 1 saturated heterocycles. The largest absolute Gasteiger partial charge is 0.497 e. The van der Waals surface area contributed by atoms with Crippen molar-refractivity contribution >= 4 is 11.8 Å². The summed E-state index contributed by atoms with van der Waals surface area (Å²) in [6.07, 6.45) is 0.925. The number of ether oxygens (including phenoxy) is 1. The van der Waals surface area contributed by atoms with Gasteiger partial charge in [-0.05, 0) is 31.0 Å². The van der Waals surface area contributed by atoms with Gasteiger partial charge in [-0.3, -0.25) is 9.59 Å². The van der Waals surface area contributed by atoms with Crippen molar-refractivity contribution < 1.29 is 14.3 Å². The van der Waals surface area contributed by atoms with Crippen molar-refractivity contribution in [3.8, 4) is 5.75 Å². The van der Waals surface area contributed by atoms with E-state index >= 15 is 0 Å². The smallest absolute Gasteiger partial charge is 0.248 e. The number of carbonyl (C=O) groups is 2. The normalized spacial score (nSPS) is 22.7. The highest BCUT2D eigenvalue weighted by Crippen LogP contribution is 2.20. The third-order valence-electron chi connectivity index (χ3n) is 4.02. The molecule has 0 radical (unpaired) electrons. The van der Waals surface area contributed by atoms with E-state index < -0.39 is 5.54 Å². The maximum Gasteiger partial charge on any atom is 0.248 e. The summed E-state index contributed by atoms with van der Waals surface area (Å²) in [6, 6.07) is 7.63. The van der Waals surface area contributed by atoms with Crippen LogP contribution in [0.5, 0.6) is 5.75 Å². The monoisotopic (exact) mass is 290 g/mol. The van der Waals surface area contributed by atoms with Crippen molar-refractivity contribution in [3.05, 3.63) is 29.8 Å². The number of hydrogen-bond acceptors (Lipinski definition) is 3. The lowest BCUT2D eigenvalue weighted by molar-refractivity contribution is -0.138. The second kappa shape index (κ2) is 6.16. The molecule has 21 heavy (non-hydrogen) atoms. The van der Waals surface area contributed by atoms with Gasteiger partial charge in [0.25, 0.3) is 0 Å². The summed E-state index contributed by atoms with van der Waals surface area (Å²) in [6.45, 7) is 4.66. The van der Waals surface area contributed by atoms with Crippen molar-refractivity contribution in [2.24, 2.45) is 0 Å². The summed E-state index contributed by atoms with van der Waals surface area (Å²) in [5.74, 6) is 0.702. The number of hydrogen-bond donors (Lipinski definition) is 1. The lowest BCUT2D eigenvalue weighted by Crippen LogP contribution is -2.54. The summed E-state index contributed by atoms with van der Waals surface area (Å²) in [4.78, 5) is 26.2. The number of amides is 2. The Kier molecular flexibility index (Phi) is 4.50. The first-order valence-corrected chi connectivity index (χ1v) is 7.22. The predicted molar refractivity (Wildman–Crippen MR) is 79.9 cm³/mol. The number of methoxy groups -OCH3 is 1. The molecule has 1 aliphatic heterocycles. The van der Waals surface area contributed by atoms with Gasteiger partial charge in [-0.1, -0.05) is 19.1 Å². The molecule has 1 atom stereocenters. The minimum absolute atomic E-state index is 0.0216. The predicted octanol–water partition coefficient (Wildman–Crippen LogP) is 1.71. The lowest BCUT2D eigenvalue weighted by atomic mass is 9.97. The fourth-order valence-electron chi connectivity index (χ4n) is 2.45. The molecule has 2 rings (SSSR count). The van der Waals surface area contributed by atoms with Crippen molar-refractivity contribution in [1.82, 2.24) is 10.2 Å². The minimum atomic E-state index is -0.806. The van der Waals surface area contributed by atoms with Crippen LogP contribution in [-0.4, -0.2) is 35.9 Å². The van der Waals surface area contributed by atoms with Gasteiger partial charge in [0.15, 0.2) is 0 Å². The zero-order valence-electron chi connectivity index (χ0n) is 12.8. The molecule has 1 N–H and O–H groups in total. The van der Waals surface area contributed by atoms with E-state index in [1.54, 1.807) is 18.9 Å². The van der Waals surface area contributed by atoms with Gasteiger partial charge in [0, 0.05) is 19.5 Å². The summed E-state index contributed by atoms with van der Waals surface area (Å²) in [7, 11) is 1.62. The highest BCUT2D eigenvalue weighted by atomic mass is 16.5. The van der Waals surface area contributed by atoms with E-state index in [1.807, 2.05) is 31.2 Å². The second-order valence-corrected chi connectivity index (χ2v) is 5.56. The number of nitrogens with zero attached hydrogens (tertiary/aromatic N) is 1. The molecule has 0 aromatic heterocycles. The average molecular weight is 290 g/mol. The Labute approximate surface area is 125 Å². The Morgan fingerprint density at radius 3 is 2.52 bits per heavy atom. The number of benzene rings is 1. The standard InChI is InChI=1S/C16H22N2O3/c1-4-16(2)15(20)18(10-9-14(19)17-16)11-12-5-7-13(21-3)8-6-12/h5-8H,4,9-11H2,1-3H3,(H,17,19). The molecule has 1 aromatic rings. The average Bonchev–Trinajstić information content (AvgIpc) is 2.60. The van der Waals surface area contributed by atoms with E-state index in [9.17, 15) is 9.59 Å². The highest BCUT2D eigenvalue weighted by molar-refractivity contribution is 5.93. The summed E-state index contributed by atoms with van der Waals surface area (Å²) < 4.78 is 5.13. The van der Waals surface area contributed by atoms with Crippen LogP contribution in [0.25, 0.3) is 0 Å². The molecule has 1 unspecified atom stereocenters. The molecule has 2 amide bonds. The fourth-order valence-corrected chi connectivity index (χ4v) is 2.45. The molecule has 0 bridgehead atoms. The van der Waals surface area contributed by atoms with Crippen LogP contribution < -0.4 is 10.1 Å². The summed E-state index contributed by atoms with van der Waals surface area (Å²) in [5, 5.41) is 2.84. The van der Waals surface area contributed by atoms with Crippen LogP contribution in [0.3, 0.4) is 0 Å². The van der Waals surface area contributed by atoms with Gasteiger partial charge in [-0.15, -0.1) is 0 Å². The van der Waals surface area contributed by atoms with Crippen LogP contribution in [0.2, 0.25) is 0 Å². The Morgan fingerprint density at radius 1 is 1.29 bits per heavy atom. The van der Waals surface area contributed by atoms with Crippen LogP contribution in [0.1, 0.15) is 32.3 Å². The molecule has 5 heteroatoms. The van der Waals surface area contributed by atoms with Crippen molar-refractivity contribution in [2.75, 3.05) is 13.7 Å². The van der Waals surface area contributed by atoms with Crippen LogP contribution >= 0.6 is 0 Å². The second-order valence-electron chi connectivity index (χ2n) is 5.56. The van der Waals surface area contributed by atoms with E-state index in [0.717, 1.165) is 11.3 Å². The van der Waals surface area contributed by atoms with Crippen LogP contribution in [0.4, 0.5) is 0 Å². The van der Waals surface area contributed by atoms with Gasteiger partial charge < -0.3 is 15.0 Å². The lowest BCUT2D eigenvalue weighted by Gasteiger charge is -2.31. The van der Waals surface area contributed by atoms with Gasteiger partial charge in [0.2, 0.25) is 11.8 Å². The van der Waals surface area contributed by atoms with Gasteiger partial charge in [0.1, 0.15) is 11.3 Å². The molecule has 1 heterocycles. The molecule has 0 spiro atoms. The quantitative estimate of drug-likeness (QED) is 0.918. The first-order chi connectivity index (χ1) is 9.98.